The Kier molecular flexibility index (Phi) is 5.62. The number of likely N-dealkylation sites (tertiary alicyclic amines) is 2. The number of β-lactam (4-membered cyclic amide) rings is 1. The molecule has 1 aromatic carbocycles. The van der Waals surface area contributed by atoms with Crippen molar-refractivity contribution >= 4 is 11.8 Å². The van der Waals surface area contributed by atoms with Gasteiger partial charge in [-0.15, -0.1) is 0 Å². The monoisotopic (exact) mass is 433 g/mol. The number of pyridine rings is 1. The largest absolute Gasteiger partial charge is 0.481 e. The summed E-state index contributed by atoms with van der Waals surface area (Å²) in [7, 11) is 1.56. The van der Waals surface area contributed by atoms with Gasteiger partial charge in [0, 0.05) is 31.4 Å². The van der Waals surface area contributed by atoms with Gasteiger partial charge < -0.3 is 14.5 Å². The zero-order valence-electron chi connectivity index (χ0n) is 18.7. The van der Waals surface area contributed by atoms with Gasteiger partial charge in [0.2, 0.25) is 11.8 Å². The van der Waals surface area contributed by atoms with Gasteiger partial charge in [-0.2, -0.15) is 0 Å². The molecule has 6 heteroatoms. The zero-order chi connectivity index (χ0) is 22.1. The van der Waals surface area contributed by atoms with Crippen LogP contribution in [0.4, 0.5) is 0 Å². The summed E-state index contributed by atoms with van der Waals surface area (Å²) in [6.07, 6.45) is 8.74. The van der Waals surface area contributed by atoms with Gasteiger partial charge in [0.05, 0.1) is 24.1 Å². The van der Waals surface area contributed by atoms with Crippen LogP contribution in [0.25, 0.3) is 0 Å². The van der Waals surface area contributed by atoms with Crippen molar-refractivity contribution in [1.29, 1.82) is 0 Å². The number of piperidine rings is 1. The second-order valence-electron chi connectivity index (χ2n) is 9.36. The third kappa shape index (κ3) is 3.46. The first kappa shape index (κ1) is 21.0. The van der Waals surface area contributed by atoms with Gasteiger partial charge in [-0.25, -0.2) is 4.98 Å². The fourth-order valence-electron chi connectivity index (χ4n) is 6.01. The highest BCUT2D eigenvalue weighted by Gasteiger charge is 2.62. The lowest BCUT2D eigenvalue weighted by Gasteiger charge is -2.61. The number of methoxy groups -OCH3 is 1. The van der Waals surface area contributed by atoms with Gasteiger partial charge in [0.1, 0.15) is 0 Å². The molecule has 0 bridgehead atoms. The Hall–Kier alpha value is -2.89. The average Bonchev–Trinajstić information content (AvgIpc) is 2.87. The first-order valence-corrected chi connectivity index (χ1v) is 11.8. The van der Waals surface area contributed by atoms with E-state index in [4.69, 9.17) is 4.74 Å². The summed E-state index contributed by atoms with van der Waals surface area (Å²) < 4.78 is 5.08. The Morgan fingerprint density at radius 3 is 2.38 bits per heavy atom. The molecule has 168 valence electrons. The topological polar surface area (TPSA) is 62.7 Å². The Bertz CT molecular complexity index is 962. The molecule has 5 rings (SSSR count). The number of benzene rings is 1. The average molecular weight is 434 g/mol. The molecule has 2 aromatic rings. The van der Waals surface area contributed by atoms with Gasteiger partial charge in [0.25, 0.3) is 5.91 Å². The number of carbonyl (C=O) groups is 2. The Morgan fingerprint density at radius 2 is 1.75 bits per heavy atom. The van der Waals surface area contributed by atoms with Gasteiger partial charge in [-0.1, -0.05) is 49.6 Å². The van der Waals surface area contributed by atoms with Crippen molar-refractivity contribution in [3.05, 3.63) is 59.8 Å². The van der Waals surface area contributed by atoms with Crippen LogP contribution in [0.2, 0.25) is 0 Å². The number of amides is 2. The van der Waals surface area contributed by atoms with E-state index in [2.05, 4.69) is 34.1 Å². The Labute approximate surface area is 189 Å². The number of nitrogens with zero attached hydrogens (tertiary/aromatic N) is 3. The molecule has 0 N–H and O–H groups in total. The van der Waals surface area contributed by atoms with E-state index in [1.54, 1.807) is 25.4 Å². The standard InChI is InChI=1S/C26H31N3O3/c1-32-22-11-10-20(18-27-22)24(30)28-16-12-21(13-17-28)29-23(19-8-4-2-5-9-19)26(25(29)31)14-6-3-7-15-26/h2,4-5,8-11,18,21,23H,3,6-7,12-17H2,1H3. The third-order valence-electron chi connectivity index (χ3n) is 7.66. The molecule has 3 heterocycles. The van der Waals surface area contributed by atoms with E-state index >= 15 is 0 Å². The maximum Gasteiger partial charge on any atom is 0.255 e. The van der Waals surface area contributed by atoms with Crippen LogP contribution in [-0.2, 0) is 4.79 Å². The molecule has 1 spiro atoms. The summed E-state index contributed by atoms with van der Waals surface area (Å²) in [4.78, 5) is 34.7. The molecule has 0 radical (unpaired) electrons. The molecule has 2 amide bonds. The molecule has 1 aromatic heterocycles. The van der Waals surface area contributed by atoms with Crippen molar-refractivity contribution in [3.8, 4) is 5.88 Å². The van der Waals surface area contributed by atoms with Crippen LogP contribution < -0.4 is 4.74 Å². The van der Waals surface area contributed by atoms with E-state index in [1.807, 2.05) is 11.0 Å². The Morgan fingerprint density at radius 1 is 1.03 bits per heavy atom. The molecule has 1 aliphatic carbocycles. The Balaban J connectivity index is 1.30. The molecule has 1 unspecified atom stereocenters. The second-order valence-corrected chi connectivity index (χ2v) is 9.36. The SMILES string of the molecule is COc1ccc(C(=O)N2CCC(N3C(=O)C4(CCCCC4)C3c3ccccc3)CC2)cn1. The van der Waals surface area contributed by atoms with Gasteiger partial charge in [0.15, 0.2) is 0 Å². The normalized spacial score (nSPS) is 23.2. The van der Waals surface area contributed by atoms with Crippen molar-refractivity contribution in [2.24, 2.45) is 5.41 Å². The van der Waals surface area contributed by atoms with Crippen LogP contribution in [0.1, 0.15) is 66.9 Å². The summed E-state index contributed by atoms with van der Waals surface area (Å²) >= 11 is 0. The maximum atomic E-state index is 13.5. The molecule has 1 saturated carbocycles. The fourth-order valence-corrected chi connectivity index (χ4v) is 6.01. The van der Waals surface area contributed by atoms with E-state index in [1.165, 1.54) is 12.0 Å². The molecular formula is C26H31N3O3. The minimum Gasteiger partial charge on any atom is -0.481 e. The molecule has 3 fully saturated rings. The number of aromatic nitrogens is 1. The van der Waals surface area contributed by atoms with Crippen molar-refractivity contribution in [3.63, 3.8) is 0 Å². The summed E-state index contributed by atoms with van der Waals surface area (Å²) in [5.74, 6) is 0.840. The minimum atomic E-state index is -0.207. The molecular weight excluding hydrogens is 402 g/mol. The molecule has 32 heavy (non-hydrogen) atoms. The van der Waals surface area contributed by atoms with E-state index in [0.29, 0.717) is 30.4 Å². The lowest BCUT2D eigenvalue weighted by Crippen LogP contribution is -2.67. The predicted octanol–water partition coefficient (Wildman–Crippen LogP) is 4.23. The van der Waals surface area contributed by atoms with Gasteiger partial charge >= 0.3 is 0 Å². The zero-order valence-corrected chi connectivity index (χ0v) is 18.7. The summed E-state index contributed by atoms with van der Waals surface area (Å²) in [6.45, 7) is 1.32. The molecule has 2 aliphatic heterocycles. The lowest BCUT2D eigenvalue weighted by atomic mass is 9.59. The first-order valence-electron chi connectivity index (χ1n) is 11.8. The number of hydrogen-bond donors (Lipinski definition) is 0. The number of ether oxygens (including phenoxy) is 1. The van der Waals surface area contributed by atoms with Crippen molar-refractivity contribution in [2.45, 2.75) is 57.0 Å². The third-order valence-corrected chi connectivity index (χ3v) is 7.66. The van der Waals surface area contributed by atoms with Crippen molar-refractivity contribution in [2.75, 3.05) is 20.2 Å². The number of hydrogen-bond acceptors (Lipinski definition) is 4. The quantitative estimate of drug-likeness (QED) is 0.677. The van der Waals surface area contributed by atoms with Crippen LogP contribution in [0.5, 0.6) is 5.88 Å². The van der Waals surface area contributed by atoms with Crippen LogP contribution in [0.3, 0.4) is 0 Å². The van der Waals surface area contributed by atoms with E-state index in [0.717, 1.165) is 38.5 Å². The fraction of sp³-hybridized carbons (Fsp3) is 0.500. The number of rotatable bonds is 4. The number of carbonyl (C=O) groups excluding carboxylic acids is 2. The first-order chi connectivity index (χ1) is 15.6. The van der Waals surface area contributed by atoms with Gasteiger partial charge in [-0.05, 0) is 37.3 Å². The van der Waals surface area contributed by atoms with E-state index in [-0.39, 0.29) is 23.4 Å². The van der Waals surface area contributed by atoms with Crippen LogP contribution in [0.15, 0.2) is 48.7 Å². The second kappa shape index (κ2) is 8.57. The molecule has 2 saturated heterocycles. The summed E-state index contributed by atoms with van der Waals surface area (Å²) in [5, 5.41) is 0. The smallest absolute Gasteiger partial charge is 0.255 e. The highest BCUT2D eigenvalue weighted by atomic mass is 16.5. The maximum absolute atomic E-state index is 13.5. The van der Waals surface area contributed by atoms with Crippen LogP contribution >= 0.6 is 0 Å². The van der Waals surface area contributed by atoms with E-state index < -0.39 is 0 Å². The van der Waals surface area contributed by atoms with Crippen molar-refractivity contribution in [1.82, 2.24) is 14.8 Å². The molecule has 3 aliphatic rings. The van der Waals surface area contributed by atoms with Crippen LogP contribution in [-0.4, -0.2) is 52.8 Å². The van der Waals surface area contributed by atoms with Crippen molar-refractivity contribution < 1.29 is 14.3 Å². The molecule has 1 atom stereocenters. The van der Waals surface area contributed by atoms with E-state index in [9.17, 15) is 9.59 Å². The van der Waals surface area contributed by atoms with Crippen LogP contribution in [0, 0.1) is 5.41 Å². The highest BCUT2D eigenvalue weighted by Crippen LogP contribution is 2.59. The highest BCUT2D eigenvalue weighted by molar-refractivity contribution is 5.94. The molecule has 6 nitrogen and oxygen atoms in total. The minimum absolute atomic E-state index is 0.00287. The van der Waals surface area contributed by atoms with Gasteiger partial charge in [-0.3, -0.25) is 9.59 Å². The summed E-state index contributed by atoms with van der Waals surface area (Å²) in [6, 6.07) is 14.4. The lowest BCUT2D eigenvalue weighted by molar-refractivity contribution is -0.186. The summed E-state index contributed by atoms with van der Waals surface area (Å²) in [5.41, 5.74) is 1.63. The predicted molar refractivity (Wildman–Crippen MR) is 121 cm³/mol.